The fourth-order valence-electron chi connectivity index (χ4n) is 1.32. The molecule has 0 aliphatic heterocycles. The molecule has 0 fully saturated rings. The van der Waals surface area contributed by atoms with E-state index in [-0.39, 0.29) is 0 Å². The maximum Gasteiger partial charge on any atom is 0.153 e. The standard InChI is InChI=1S/C8H18O2S/c1-6(2)8(7(3)4)5-11(9)10/h6-8H,5H2,1-4H3,(H,9,10). The van der Waals surface area contributed by atoms with Crippen LogP contribution in [0.15, 0.2) is 0 Å². The SMILES string of the molecule is CC(C)C(CS(=O)O)C(C)C. The molecule has 0 aromatic rings. The van der Waals surface area contributed by atoms with Gasteiger partial charge in [-0.2, -0.15) is 0 Å². The van der Waals surface area contributed by atoms with Crippen LogP contribution in [0.3, 0.4) is 0 Å². The molecule has 0 aliphatic carbocycles. The number of hydrogen-bond acceptors (Lipinski definition) is 1. The van der Waals surface area contributed by atoms with Gasteiger partial charge >= 0.3 is 0 Å². The van der Waals surface area contributed by atoms with Crippen LogP contribution in [0.1, 0.15) is 27.7 Å². The molecule has 11 heavy (non-hydrogen) atoms. The summed E-state index contributed by atoms with van der Waals surface area (Å²) in [5.41, 5.74) is 0. The Morgan fingerprint density at radius 3 is 1.64 bits per heavy atom. The molecule has 0 amide bonds. The highest BCUT2D eigenvalue weighted by molar-refractivity contribution is 7.79. The van der Waals surface area contributed by atoms with Gasteiger partial charge < -0.3 is 4.55 Å². The van der Waals surface area contributed by atoms with E-state index in [2.05, 4.69) is 27.7 Å². The van der Waals surface area contributed by atoms with Crippen molar-refractivity contribution in [1.29, 1.82) is 0 Å². The van der Waals surface area contributed by atoms with E-state index in [0.717, 1.165) is 0 Å². The highest BCUT2D eigenvalue weighted by Crippen LogP contribution is 2.20. The fraction of sp³-hybridized carbons (Fsp3) is 1.00. The van der Waals surface area contributed by atoms with Crippen LogP contribution >= 0.6 is 0 Å². The third kappa shape index (κ3) is 4.53. The summed E-state index contributed by atoms with van der Waals surface area (Å²) in [6.07, 6.45) is 0. The molecule has 1 atom stereocenters. The van der Waals surface area contributed by atoms with Crippen LogP contribution in [0.4, 0.5) is 0 Å². The van der Waals surface area contributed by atoms with Crippen LogP contribution in [0.25, 0.3) is 0 Å². The van der Waals surface area contributed by atoms with Gasteiger partial charge in [0.25, 0.3) is 0 Å². The van der Waals surface area contributed by atoms with Gasteiger partial charge in [0.1, 0.15) is 0 Å². The second-order valence-electron chi connectivity index (χ2n) is 3.64. The van der Waals surface area contributed by atoms with E-state index in [9.17, 15) is 4.21 Å². The van der Waals surface area contributed by atoms with Gasteiger partial charge in [0.15, 0.2) is 11.1 Å². The van der Waals surface area contributed by atoms with Gasteiger partial charge in [0.2, 0.25) is 0 Å². The second kappa shape index (κ2) is 4.88. The smallest absolute Gasteiger partial charge is 0.153 e. The Balaban J connectivity index is 4.00. The van der Waals surface area contributed by atoms with E-state index in [4.69, 9.17) is 4.55 Å². The number of rotatable bonds is 4. The molecule has 0 spiro atoms. The highest BCUT2D eigenvalue weighted by Gasteiger charge is 2.19. The first kappa shape index (κ1) is 11.1. The number of hydrogen-bond donors (Lipinski definition) is 1. The molecule has 0 aliphatic rings. The molecular formula is C8H18O2S. The first-order valence-electron chi connectivity index (χ1n) is 4.02. The average Bonchev–Trinajstić information content (AvgIpc) is 1.81. The van der Waals surface area contributed by atoms with E-state index in [1.165, 1.54) is 0 Å². The summed E-state index contributed by atoms with van der Waals surface area (Å²) >= 11 is -1.64. The van der Waals surface area contributed by atoms with Crippen molar-refractivity contribution in [1.82, 2.24) is 0 Å². The van der Waals surface area contributed by atoms with E-state index < -0.39 is 11.1 Å². The minimum absolute atomic E-state index is 0.362. The molecule has 0 heterocycles. The maximum absolute atomic E-state index is 10.5. The third-order valence-electron chi connectivity index (χ3n) is 2.05. The first-order chi connectivity index (χ1) is 4.95. The quantitative estimate of drug-likeness (QED) is 0.670. The molecule has 0 aromatic heterocycles. The molecule has 0 aromatic carbocycles. The van der Waals surface area contributed by atoms with Gasteiger partial charge in [-0.25, -0.2) is 4.21 Å². The van der Waals surface area contributed by atoms with Gasteiger partial charge in [0.05, 0.1) is 5.75 Å². The maximum atomic E-state index is 10.5. The highest BCUT2D eigenvalue weighted by atomic mass is 32.2. The van der Waals surface area contributed by atoms with E-state index >= 15 is 0 Å². The summed E-state index contributed by atoms with van der Waals surface area (Å²) < 4.78 is 19.2. The lowest BCUT2D eigenvalue weighted by atomic mass is 9.87. The van der Waals surface area contributed by atoms with E-state index in [1.807, 2.05) is 0 Å². The minimum atomic E-state index is -1.64. The zero-order valence-corrected chi connectivity index (χ0v) is 8.52. The van der Waals surface area contributed by atoms with Crippen LogP contribution in [0, 0.1) is 17.8 Å². The van der Waals surface area contributed by atoms with Gasteiger partial charge in [-0.3, -0.25) is 0 Å². The second-order valence-corrected chi connectivity index (χ2v) is 4.62. The van der Waals surface area contributed by atoms with Gasteiger partial charge in [-0.05, 0) is 17.8 Å². The summed E-state index contributed by atoms with van der Waals surface area (Å²) in [4.78, 5) is 0. The van der Waals surface area contributed by atoms with Crippen molar-refractivity contribution in [3.05, 3.63) is 0 Å². The average molecular weight is 178 g/mol. The summed E-state index contributed by atoms with van der Waals surface area (Å²) in [6.45, 7) is 8.38. The van der Waals surface area contributed by atoms with Crippen molar-refractivity contribution in [3.8, 4) is 0 Å². The molecule has 0 saturated heterocycles. The predicted octanol–water partition coefficient (Wildman–Crippen LogP) is 2.14. The monoisotopic (exact) mass is 178 g/mol. The molecule has 0 saturated carbocycles. The van der Waals surface area contributed by atoms with Gasteiger partial charge in [-0.15, -0.1) is 0 Å². The van der Waals surface area contributed by atoms with Crippen molar-refractivity contribution in [3.63, 3.8) is 0 Å². The zero-order chi connectivity index (χ0) is 9.02. The molecule has 2 nitrogen and oxygen atoms in total. The summed E-state index contributed by atoms with van der Waals surface area (Å²) in [5.74, 6) is 1.76. The molecule has 0 rings (SSSR count). The molecule has 1 N–H and O–H groups in total. The lowest BCUT2D eigenvalue weighted by molar-refractivity contribution is 0.316. The molecule has 0 bridgehead atoms. The lowest BCUT2D eigenvalue weighted by Crippen LogP contribution is -2.22. The third-order valence-corrected chi connectivity index (χ3v) is 2.72. The molecule has 3 heteroatoms. The molecule has 1 unspecified atom stereocenters. The minimum Gasteiger partial charge on any atom is -0.306 e. The van der Waals surface area contributed by atoms with Crippen molar-refractivity contribution >= 4 is 11.1 Å². The topological polar surface area (TPSA) is 37.3 Å². The van der Waals surface area contributed by atoms with Crippen LogP contribution in [0.2, 0.25) is 0 Å². The normalized spacial score (nSPS) is 14.9. The lowest BCUT2D eigenvalue weighted by Gasteiger charge is -2.22. The van der Waals surface area contributed by atoms with Crippen molar-refractivity contribution in [2.75, 3.05) is 5.75 Å². The summed E-state index contributed by atoms with van der Waals surface area (Å²) in [6, 6.07) is 0. The molecular weight excluding hydrogens is 160 g/mol. The Kier molecular flexibility index (Phi) is 4.93. The molecule has 68 valence electrons. The zero-order valence-electron chi connectivity index (χ0n) is 7.70. The van der Waals surface area contributed by atoms with Crippen molar-refractivity contribution in [2.45, 2.75) is 27.7 Å². The fourth-order valence-corrected chi connectivity index (χ4v) is 2.42. The Bertz CT molecular complexity index is 124. The van der Waals surface area contributed by atoms with E-state index in [1.54, 1.807) is 0 Å². The Labute approximate surface area is 71.7 Å². The largest absolute Gasteiger partial charge is 0.306 e. The Morgan fingerprint density at radius 1 is 1.18 bits per heavy atom. The van der Waals surface area contributed by atoms with Crippen LogP contribution < -0.4 is 0 Å². The summed E-state index contributed by atoms with van der Waals surface area (Å²) in [5, 5.41) is 0. The Morgan fingerprint density at radius 2 is 1.55 bits per heavy atom. The van der Waals surface area contributed by atoms with Crippen molar-refractivity contribution in [2.24, 2.45) is 17.8 Å². The molecule has 0 radical (unpaired) electrons. The van der Waals surface area contributed by atoms with Crippen molar-refractivity contribution < 1.29 is 8.76 Å². The summed E-state index contributed by atoms with van der Waals surface area (Å²) in [7, 11) is 0. The van der Waals surface area contributed by atoms with E-state index in [0.29, 0.717) is 23.5 Å². The van der Waals surface area contributed by atoms with Gasteiger partial charge in [-0.1, -0.05) is 27.7 Å². The Hall–Kier alpha value is 0.110. The van der Waals surface area contributed by atoms with Crippen LogP contribution in [0.5, 0.6) is 0 Å². The first-order valence-corrected chi connectivity index (χ1v) is 5.30. The predicted molar refractivity (Wildman–Crippen MR) is 48.8 cm³/mol. The van der Waals surface area contributed by atoms with Crippen LogP contribution in [-0.4, -0.2) is 14.5 Å². The van der Waals surface area contributed by atoms with Crippen LogP contribution in [-0.2, 0) is 11.1 Å². The van der Waals surface area contributed by atoms with Gasteiger partial charge in [0, 0.05) is 0 Å².